The monoisotopic (exact) mass is 229 g/mol. The molecule has 1 aromatic rings. The first kappa shape index (κ1) is 12.1. The molecule has 1 aliphatic rings. The van der Waals surface area contributed by atoms with Crippen LogP contribution in [0.3, 0.4) is 0 Å². The molecule has 1 aliphatic carbocycles. The van der Waals surface area contributed by atoms with Crippen LogP contribution in [0.25, 0.3) is 0 Å². The van der Waals surface area contributed by atoms with Crippen molar-refractivity contribution < 1.29 is 0 Å². The van der Waals surface area contributed by atoms with Gasteiger partial charge in [-0.15, -0.1) is 0 Å². The van der Waals surface area contributed by atoms with Gasteiger partial charge in [0.25, 0.3) is 0 Å². The summed E-state index contributed by atoms with van der Waals surface area (Å²) in [5.74, 6) is 0.765. The zero-order chi connectivity index (χ0) is 12.1. The molecule has 1 N–H and O–H groups in total. The summed E-state index contributed by atoms with van der Waals surface area (Å²) in [6.07, 6.45) is 7.02. The number of rotatable bonds is 3. The summed E-state index contributed by atoms with van der Waals surface area (Å²) < 4.78 is 0. The maximum Gasteiger partial charge on any atom is 0.140 e. The van der Waals surface area contributed by atoms with Crippen molar-refractivity contribution >= 4 is 0 Å². The third-order valence-corrected chi connectivity index (χ3v) is 3.62. The topological polar surface area (TPSA) is 48.7 Å². The van der Waals surface area contributed by atoms with Gasteiger partial charge in [-0.25, -0.2) is 4.98 Å². The van der Waals surface area contributed by atoms with Crippen molar-refractivity contribution in [2.24, 2.45) is 5.92 Å². The minimum atomic E-state index is 0.501. The second-order valence-corrected chi connectivity index (χ2v) is 4.91. The summed E-state index contributed by atoms with van der Waals surface area (Å²) in [6, 6.07) is 6.54. The summed E-state index contributed by atoms with van der Waals surface area (Å²) in [5, 5.41) is 12.4. The molecule has 0 aromatic carbocycles. The van der Waals surface area contributed by atoms with E-state index >= 15 is 0 Å². The van der Waals surface area contributed by atoms with Crippen LogP contribution in [-0.4, -0.2) is 11.0 Å². The Morgan fingerprint density at radius 1 is 1.47 bits per heavy atom. The van der Waals surface area contributed by atoms with Crippen LogP contribution in [0.2, 0.25) is 0 Å². The highest BCUT2D eigenvalue weighted by Gasteiger charge is 2.20. The zero-order valence-corrected chi connectivity index (χ0v) is 10.3. The van der Waals surface area contributed by atoms with Crippen LogP contribution in [0.15, 0.2) is 18.3 Å². The van der Waals surface area contributed by atoms with E-state index in [4.69, 9.17) is 5.26 Å². The summed E-state index contributed by atoms with van der Waals surface area (Å²) in [6.45, 7) is 3.16. The van der Waals surface area contributed by atoms with E-state index in [1.54, 1.807) is 6.20 Å². The van der Waals surface area contributed by atoms with Crippen LogP contribution in [0, 0.1) is 17.2 Å². The normalized spacial score (nSPS) is 24.2. The van der Waals surface area contributed by atoms with E-state index in [2.05, 4.69) is 23.3 Å². The first-order valence-corrected chi connectivity index (χ1v) is 6.38. The Morgan fingerprint density at radius 3 is 3.06 bits per heavy atom. The minimum Gasteiger partial charge on any atom is -0.310 e. The van der Waals surface area contributed by atoms with Gasteiger partial charge in [-0.2, -0.15) is 5.26 Å². The van der Waals surface area contributed by atoms with Crippen LogP contribution in [0.1, 0.15) is 43.9 Å². The maximum absolute atomic E-state index is 8.79. The molecular formula is C14H19N3. The molecule has 17 heavy (non-hydrogen) atoms. The quantitative estimate of drug-likeness (QED) is 0.866. The van der Waals surface area contributed by atoms with Crippen LogP contribution >= 0.6 is 0 Å². The molecule has 1 aromatic heterocycles. The number of nitrogens with zero attached hydrogens (tertiary/aromatic N) is 2. The molecule has 3 heteroatoms. The number of aromatic nitrogens is 1. The lowest BCUT2D eigenvalue weighted by Gasteiger charge is -2.29. The second-order valence-electron chi connectivity index (χ2n) is 4.91. The fourth-order valence-electron chi connectivity index (χ4n) is 2.51. The Hall–Kier alpha value is -1.40. The second kappa shape index (κ2) is 5.79. The molecule has 0 amide bonds. The summed E-state index contributed by atoms with van der Waals surface area (Å²) >= 11 is 0. The van der Waals surface area contributed by atoms with E-state index in [1.807, 2.05) is 12.1 Å². The number of pyridine rings is 1. The van der Waals surface area contributed by atoms with E-state index in [1.165, 1.54) is 25.7 Å². The van der Waals surface area contributed by atoms with Gasteiger partial charge in [0.15, 0.2) is 0 Å². The van der Waals surface area contributed by atoms with Gasteiger partial charge in [0.1, 0.15) is 11.8 Å². The van der Waals surface area contributed by atoms with Crippen LogP contribution in [0.4, 0.5) is 0 Å². The van der Waals surface area contributed by atoms with Crippen molar-refractivity contribution in [3.05, 3.63) is 29.6 Å². The summed E-state index contributed by atoms with van der Waals surface area (Å²) in [7, 11) is 0. The Bertz CT molecular complexity index is 408. The van der Waals surface area contributed by atoms with Crippen LogP contribution in [-0.2, 0) is 6.54 Å². The highest BCUT2D eigenvalue weighted by Crippen LogP contribution is 2.23. The first-order valence-electron chi connectivity index (χ1n) is 6.38. The van der Waals surface area contributed by atoms with Crippen molar-refractivity contribution in [1.82, 2.24) is 10.3 Å². The lowest BCUT2D eigenvalue weighted by Crippen LogP contribution is -2.36. The van der Waals surface area contributed by atoms with E-state index in [-0.39, 0.29) is 0 Å². The molecule has 0 bridgehead atoms. The molecule has 2 unspecified atom stereocenters. The highest BCUT2D eigenvalue weighted by atomic mass is 14.9. The SMILES string of the molecule is CC1CCCCC1NCc1ccnc(C#N)c1. The van der Waals surface area contributed by atoms with Crippen LogP contribution in [0.5, 0.6) is 0 Å². The van der Waals surface area contributed by atoms with Gasteiger partial charge in [-0.1, -0.05) is 19.8 Å². The predicted molar refractivity (Wildman–Crippen MR) is 67.2 cm³/mol. The van der Waals surface area contributed by atoms with E-state index in [9.17, 15) is 0 Å². The molecule has 1 fully saturated rings. The minimum absolute atomic E-state index is 0.501. The molecule has 3 nitrogen and oxygen atoms in total. The van der Waals surface area contributed by atoms with Gasteiger partial charge in [0.05, 0.1) is 0 Å². The van der Waals surface area contributed by atoms with Gasteiger partial charge in [-0.05, 0) is 36.5 Å². The molecule has 1 saturated carbocycles. The Morgan fingerprint density at radius 2 is 2.29 bits per heavy atom. The number of hydrogen-bond acceptors (Lipinski definition) is 3. The van der Waals surface area contributed by atoms with Crippen molar-refractivity contribution in [3.8, 4) is 6.07 Å². The maximum atomic E-state index is 8.79. The van der Waals surface area contributed by atoms with Gasteiger partial charge in [-0.3, -0.25) is 0 Å². The standard InChI is InChI=1S/C14H19N3/c1-11-4-2-3-5-14(11)17-10-12-6-7-16-13(8-12)9-15/h6-8,11,14,17H,2-5,10H2,1H3. The third kappa shape index (κ3) is 3.28. The zero-order valence-electron chi connectivity index (χ0n) is 10.3. The molecular weight excluding hydrogens is 210 g/mol. The van der Waals surface area contributed by atoms with Crippen molar-refractivity contribution in [2.75, 3.05) is 0 Å². The van der Waals surface area contributed by atoms with E-state index in [0.717, 1.165) is 18.0 Å². The number of hydrogen-bond donors (Lipinski definition) is 1. The van der Waals surface area contributed by atoms with Gasteiger partial charge in [0, 0.05) is 18.8 Å². The molecule has 2 atom stereocenters. The molecule has 0 spiro atoms. The van der Waals surface area contributed by atoms with Gasteiger partial charge >= 0.3 is 0 Å². The Kier molecular flexibility index (Phi) is 4.11. The molecule has 2 rings (SSSR count). The fraction of sp³-hybridized carbons (Fsp3) is 0.571. The Labute approximate surface area is 103 Å². The van der Waals surface area contributed by atoms with Crippen molar-refractivity contribution in [1.29, 1.82) is 5.26 Å². The van der Waals surface area contributed by atoms with Crippen molar-refractivity contribution in [2.45, 2.75) is 45.2 Å². The molecule has 0 aliphatic heterocycles. The third-order valence-electron chi connectivity index (χ3n) is 3.62. The predicted octanol–water partition coefficient (Wildman–Crippen LogP) is 2.62. The summed E-state index contributed by atoms with van der Waals surface area (Å²) in [5.41, 5.74) is 1.65. The highest BCUT2D eigenvalue weighted by molar-refractivity contribution is 5.25. The van der Waals surface area contributed by atoms with Gasteiger partial charge < -0.3 is 5.32 Å². The van der Waals surface area contributed by atoms with Gasteiger partial charge in [0.2, 0.25) is 0 Å². The Balaban J connectivity index is 1.90. The largest absolute Gasteiger partial charge is 0.310 e. The first-order chi connectivity index (χ1) is 8.29. The molecule has 90 valence electrons. The lowest BCUT2D eigenvalue weighted by atomic mass is 9.86. The average molecular weight is 229 g/mol. The van der Waals surface area contributed by atoms with E-state index in [0.29, 0.717) is 11.7 Å². The van der Waals surface area contributed by atoms with Crippen LogP contribution < -0.4 is 5.32 Å². The molecule has 0 radical (unpaired) electrons. The smallest absolute Gasteiger partial charge is 0.140 e. The summed E-state index contributed by atoms with van der Waals surface area (Å²) in [4.78, 5) is 3.98. The van der Waals surface area contributed by atoms with E-state index < -0.39 is 0 Å². The number of nitrogens with one attached hydrogen (secondary N) is 1. The lowest BCUT2D eigenvalue weighted by molar-refractivity contribution is 0.279. The number of nitriles is 1. The molecule has 0 saturated heterocycles. The molecule has 1 heterocycles. The average Bonchev–Trinajstić information content (AvgIpc) is 2.38. The fourth-order valence-corrected chi connectivity index (χ4v) is 2.51. The van der Waals surface area contributed by atoms with Crippen molar-refractivity contribution in [3.63, 3.8) is 0 Å².